The Labute approximate surface area is 509 Å². The SMILES string of the molecule is CCCCCCC/C=C\C/C=C\C/C=C\CCCCCCCCCCC(=O)OC(COC(=O)CCCCCCCCCCCCCCCCCCCCCCCCCCCCCCCCCCCC)COC(OCC[N+](C)(C)C)C(=O)O. The lowest BCUT2D eigenvalue weighted by molar-refractivity contribution is -0.870. The molecule has 0 saturated heterocycles. The fraction of sp³-hybridized carbons (Fsp3) is 0.877. The van der Waals surface area contributed by atoms with Gasteiger partial charge in [0.15, 0.2) is 6.10 Å². The lowest BCUT2D eigenvalue weighted by Crippen LogP contribution is -2.40. The van der Waals surface area contributed by atoms with Crippen LogP contribution in [0, 0.1) is 0 Å². The highest BCUT2D eigenvalue weighted by molar-refractivity contribution is 5.71. The van der Waals surface area contributed by atoms with E-state index in [1.54, 1.807) is 0 Å². The number of unbranched alkanes of at least 4 members (excludes halogenated alkanes) is 46. The van der Waals surface area contributed by atoms with Gasteiger partial charge < -0.3 is 28.5 Å². The predicted molar refractivity (Wildman–Crippen MR) is 351 cm³/mol. The summed E-state index contributed by atoms with van der Waals surface area (Å²) in [5.74, 6) is -1.99. The van der Waals surface area contributed by atoms with Crippen LogP contribution < -0.4 is 0 Å². The molecule has 0 rings (SSSR count). The standard InChI is InChI=1S/C73H137NO8/c1-6-8-10-12-14-16-18-20-22-24-26-28-30-31-32-33-34-35-36-37-38-39-40-42-43-45-47-49-51-53-55-57-59-61-63-70(75)80-67-69(68-81-73(72(77)78)79-66-65-74(3,4)5)82-71(76)64-62-60-58-56-54-52-50-48-46-44-41-29-27-25-23-21-19-17-15-13-11-9-7-2/h19,21,25,27,41,44,69,73H,6-18,20,22-24,26,28-40,42-43,45-68H2,1-5H3/p+1/b21-19-,27-25-,44-41-. The molecule has 0 aromatic carbocycles. The van der Waals surface area contributed by atoms with Crippen LogP contribution in [-0.4, -0.2) is 87.4 Å². The molecule has 0 aliphatic carbocycles. The first kappa shape index (κ1) is 79.5. The summed E-state index contributed by atoms with van der Waals surface area (Å²) in [6.45, 7) is 4.92. The molecular weight excluding hydrogens is 1020 g/mol. The molecule has 482 valence electrons. The topological polar surface area (TPSA) is 108 Å². The molecule has 0 aliphatic heterocycles. The molecule has 0 saturated carbocycles. The second kappa shape index (κ2) is 64.5. The van der Waals surface area contributed by atoms with Crippen LogP contribution >= 0.6 is 0 Å². The summed E-state index contributed by atoms with van der Waals surface area (Å²) in [6.07, 6.45) is 78.4. The van der Waals surface area contributed by atoms with E-state index in [4.69, 9.17) is 18.9 Å². The number of allylic oxidation sites excluding steroid dienone is 6. The second-order valence-corrected chi connectivity index (χ2v) is 25.6. The fourth-order valence-electron chi connectivity index (χ4n) is 10.7. The molecule has 0 aromatic heterocycles. The van der Waals surface area contributed by atoms with E-state index in [0.29, 0.717) is 23.9 Å². The smallest absolute Gasteiger partial charge is 0.361 e. The van der Waals surface area contributed by atoms with Gasteiger partial charge in [0.25, 0.3) is 6.29 Å². The highest BCUT2D eigenvalue weighted by Gasteiger charge is 2.25. The largest absolute Gasteiger partial charge is 0.477 e. The molecule has 9 nitrogen and oxygen atoms in total. The molecule has 1 N–H and O–H groups in total. The molecule has 0 aliphatic rings. The number of likely N-dealkylation sites (N-methyl/N-ethyl adjacent to an activating group) is 1. The number of quaternary nitrogens is 1. The van der Waals surface area contributed by atoms with E-state index >= 15 is 0 Å². The first-order valence-corrected chi connectivity index (χ1v) is 35.7. The number of hydrogen-bond donors (Lipinski definition) is 1. The molecule has 0 fully saturated rings. The third-order valence-electron chi connectivity index (χ3n) is 16.1. The Bertz CT molecular complexity index is 1440. The molecule has 0 aromatic rings. The maximum absolute atomic E-state index is 12.9. The van der Waals surface area contributed by atoms with Gasteiger partial charge in [-0.3, -0.25) is 9.59 Å². The molecule has 0 radical (unpaired) electrons. The summed E-state index contributed by atoms with van der Waals surface area (Å²) in [5.41, 5.74) is 0. The monoisotopic (exact) mass is 1160 g/mol. The van der Waals surface area contributed by atoms with Gasteiger partial charge in [-0.1, -0.05) is 326 Å². The Balaban J connectivity index is 4.03. The number of carboxylic acid groups (broad SMARTS) is 1. The van der Waals surface area contributed by atoms with E-state index in [-0.39, 0.29) is 32.2 Å². The molecule has 0 spiro atoms. The summed E-state index contributed by atoms with van der Waals surface area (Å²) in [4.78, 5) is 37.6. The normalized spacial score (nSPS) is 12.8. The third kappa shape index (κ3) is 65.1. The summed E-state index contributed by atoms with van der Waals surface area (Å²) >= 11 is 0. The first-order chi connectivity index (χ1) is 40.1. The number of carboxylic acids is 1. The Hall–Kier alpha value is -2.49. The van der Waals surface area contributed by atoms with E-state index < -0.39 is 24.3 Å². The van der Waals surface area contributed by atoms with Crippen LogP contribution in [0.3, 0.4) is 0 Å². The zero-order chi connectivity index (χ0) is 59.8. The predicted octanol–water partition coefficient (Wildman–Crippen LogP) is 22.0. The average molecular weight is 1160 g/mol. The Morgan fingerprint density at radius 3 is 0.976 bits per heavy atom. The average Bonchev–Trinajstić information content (AvgIpc) is 3.45. The molecule has 9 heteroatoms. The lowest BCUT2D eigenvalue weighted by atomic mass is 10.0. The van der Waals surface area contributed by atoms with E-state index in [0.717, 1.165) is 57.8 Å². The minimum absolute atomic E-state index is 0.181. The van der Waals surface area contributed by atoms with Crippen LogP contribution in [-0.2, 0) is 33.3 Å². The number of carbonyl (C=O) groups excluding carboxylic acids is 2. The molecule has 0 heterocycles. The Kier molecular flexibility index (Phi) is 62.5. The van der Waals surface area contributed by atoms with Crippen molar-refractivity contribution in [3.63, 3.8) is 0 Å². The molecule has 0 amide bonds. The number of hydrogen-bond acceptors (Lipinski definition) is 7. The van der Waals surface area contributed by atoms with Gasteiger partial charge in [-0.05, 0) is 51.4 Å². The number of rotatable bonds is 67. The van der Waals surface area contributed by atoms with Crippen LogP contribution in [0.25, 0.3) is 0 Å². The van der Waals surface area contributed by atoms with Crippen LogP contribution in [0.4, 0.5) is 0 Å². The molecule has 2 unspecified atom stereocenters. The number of esters is 2. The summed E-state index contributed by atoms with van der Waals surface area (Å²) in [5, 5.41) is 9.74. The lowest BCUT2D eigenvalue weighted by Gasteiger charge is -2.25. The third-order valence-corrected chi connectivity index (χ3v) is 16.1. The Morgan fingerprint density at radius 2 is 0.659 bits per heavy atom. The zero-order valence-corrected chi connectivity index (χ0v) is 55.2. The van der Waals surface area contributed by atoms with Gasteiger partial charge in [-0.25, -0.2) is 4.79 Å². The van der Waals surface area contributed by atoms with Gasteiger partial charge in [0.2, 0.25) is 0 Å². The summed E-state index contributed by atoms with van der Waals surface area (Å²) in [6, 6.07) is 0. The van der Waals surface area contributed by atoms with Gasteiger partial charge >= 0.3 is 17.9 Å². The van der Waals surface area contributed by atoms with Crippen molar-refractivity contribution in [2.24, 2.45) is 0 Å². The summed E-state index contributed by atoms with van der Waals surface area (Å²) < 4.78 is 23.0. The van der Waals surface area contributed by atoms with Crippen molar-refractivity contribution in [1.82, 2.24) is 0 Å². The number of nitrogens with zero attached hydrogens (tertiary/aromatic N) is 1. The minimum Gasteiger partial charge on any atom is -0.477 e. The van der Waals surface area contributed by atoms with Crippen LogP contribution in [0.2, 0.25) is 0 Å². The van der Waals surface area contributed by atoms with Crippen LogP contribution in [0.1, 0.15) is 354 Å². The van der Waals surface area contributed by atoms with Crippen molar-refractivity contribution in [3.05, 3.63) is 36.5 Å². The van der Waals surface area contributed by atoms with Crippen molar-refractivity contribution in [2.45, 2.75) is 367 Å². The molecule has 0 bridgehead atoms. The fourth-order valence-corrected chi connectivity index (χ4v) is 10.7. The van der Waals surface area contributed by atoms with Crippen molar-refractivity contribution in [3.8, 4) is 0 Å². The minimum atomic E-state index is -1.51. The highest BCUT2D eigenvalue weighted by atomic mass is 16.7. The maximum Gasteiger partial charge on any atom is 0.361 e. The van der Waals surface area contributed by atoms with E-state index in [1.165, 1.54) is 263 Å². The van der Waals surface area contributed by atoms with Crippen molar-refractivity contribution >= 4 is 17.9 Å². The molecule has 2 atom stereocenters. The van der Waals surface area contributed by atoms with Gasteiger partial charge in [0, 0.05) is 12.8 Å². The first-order valence-electron chi connectivity index (χ1n) is 35.7. The van der Waals surface area contributed by atoms with Crippen molar-refractivity contribution < 1.29 is 42.9 Å². The van der Waals surface area contributed by atoms with Gasteiger partial charge in [0.1, 0.15) is 13.2 Å². The van der Waals surface area contributed by atoms with Crippen LogP contribution in [0.15, 0.2) is 36.5 Å². The van der Waals surface area contributed by atoms with E-state index in [1.807, 2.05) is 21.1 Å². The molecule has 82 heavy (non-hydrogen) atoms. The van der Waals surface area contributed by atoms with E-state index in [2.05, 4.69) is 50.3 Å². The van der Waals surface area contributed by atoms with Gasteiger partial charge in [0.05, 0.1) is 34.4 Å². The van der Waals surface area contributed by atoms with Crippen molar-refractivity contribution in [1.29, 1.82) is 0 Å². The number of aliphatic carboxylic acids is 1. The van der Waals surface area contributed by atoms with Gasteiger partial charge in [-0.15, -0.1) is 0 Å². The number of ether oxygens (including phenoxy) is 4. The number of carbonyl (C=O) groups is 3. The van der Waals surface area contributed by atoms with Crippen LogP contribution in [0.5, 0.6) is 0 Å². The van der Waals surface area contributed by atoms with Crippen molar-refractivity contribution in [2.75, 3.05) is 47.5 Å². The summed E-state index contributed by atoms with van der Waals surface area (Å²) in [7, 11) is 5.98. The van der Waals surface area contributed by atoms with E-state index in [9.17, 15) is 19.5 Å². The quantitative estimate of drug-likeness (QED) is 0.0211. The Morgan fingerprint density at radius 1 is 0.366 bits per heavy atom. The highest BCUT2D eigenvalue weighted by Crippen LogP contribution is 2.19. The molecular formula is C73H138NO8+. The second-order valence-electron chi connectivity index (χ2n) is 25.6. The zero-order valence-electron chi connectivity index (χ0n) is 55.2. The maximum atomic E-state index is 12.9. The van der Waals surface area contributed by atoms with Gasteiger partial charge in [-0.2, -0.15) is 0 Å².